The molecule has 0 aromatic heterocycles. The molecule has 12 nitrogen and oxygen atoms in total. The fourth-order valence-electron chi connectivity index (χ4n) is 3.18. The van der Waals surface area contributed by atoms with E-state index in [-0.39, 0.29) is 75.6 Å². The van der Waals surface area contributed by atoms with Crippen LogP contribution in [0.4, 0.5) is 0 Å². The highest BCUT2D eigenvalue weighted by molar-refractivity contribution is 7.89. The van der Waals surface area contributed by atoms with Crippen LogP contribution in [0.1, 0.15) is 0 Å². The first-order chi connectivity index (χ1) is 17.2. The van der Waals surface area contributed by atoms with Crippen LogP contribution < -0.4 is 9.47 Å². The van der Waals surface area contributed by atoms with E-state index >= 15 is 0 Å². The number of nitrogens with zero attached hydrogens (tertiary/aromatic N) is 2. The lowest BCUT2D eigenvalue weighted by Crippen LogP contribution is -2.35. The van der Waals surface area contributed by atoms with Gasteiger partial charge >= 0.3 is 0 Å². The van der Waals surface area contributed by atoms with Crippen LogP contribution in [-0.2, 0) is 20.0 Å². The smallest absolute Gasteiger partial charge is 0.243 e. The number of hydrogen-bond donors (Lipinski definition) is 4. The molecule has 2 aromatic carbocycles. The fourth-order valence-corrected chi connectivity index (χ4v) is 6.03. The van der Waals surface area contributed by atoms with E-state index in [4.69, 9.17) is 29.9 Å². The zero-order chi connectivity index (χ0) is 26.6. The predicted octanol–water partition coefficient (Wildman–Crippen LogP) is -0.905. The number of rotatable bonds is 17. The minimum Gasteiger partial charge on any atom is -0.490 e. The molecule has 2 aromatic rings. The van der Waals surface area contributed by atoms with Crippen LogP contribution >= 0.6 is 0 Å². The molecule has 0 aliphatic carbocycles. The number of benzene rings is 2. The summed E-state index contributed by atoms with van der Waals surface area (Å²) >= 11 is 0. The summed E-state index contributed by atoms with van der Waals surface area (Å²) in [6, 6.07) is 11.4. The highest BCUT2D eigenvalue weighted by Crippen LogP contribution is 2.21. The minimum absolute atomic E-state index is 0.000384. The van der Waals surface area contributed by atoms with Crippen LogP contribution in [0.25, 0.3) is 0 Å². The Labute approximate surface area is 211 Å². The van der Waals surface area contributed by atoms with Crippen molar-refractivity contribution in [1.82, 2.24) is 8.61 Å². The molecule has 0 saturated carbocycles. The molecule has 2 rings (SSSR count). The SMILES string of the molecule is O=S(=O)(c1ccc(OCCOc2ccc(S(=O)(=O)N(CCO)CCO)cc2)cc1)N(CCO)CCO. The molecule has 0 aliphatic heterocycles. The molecule has 0 bridgehead atoms. The number of sulfonamides is 2. The van der Waals surface area contributed by atoms with Crippen molar-refractivity contribution >= 4 is 20.0 Å². The summed E-state index contributed by atoms with van der Waals surface area (Å²) in [4.78, 5) is -0.000769. The first-order valence-corrected chi connectivity index (χ1v) is 14.0. The highest BCUT2D eigenvalue weighted by atomic mass is 32.2. The monoisotopic (exact) mass is 548 g/mol. The molecule has 0 amide bonds. The fraction of sp³-hybridized carbons (Fsp3) is 0.455. The summed E-state index contributed by atoms with van der Waals surface area (Å²) in [7, 11) is -7.73. The Kier molecular flexibility index (Phi) is 12.0. The largest absolute Gasteiger partial charge is 0.490 e. The van der Waals surface area contributed by atoms with Gasteiger partial charge in [0.25, 0.3) is 0 Å². The number of aliphatic hydroxyl groups excluding tert-OH is 4. The van der Waals surface area contributed by atoms with Crippen LogP contribution in [0.2, 0.25) is 0 Å². The first kappa shape index (κ1) is 29.9. The molecule has 0 aliphatic rings. The summed E-state index contributed by atoms with van der Waals surface area (Å²) in [5.74, 6) is 0.811. The average molecular weight is 549 g/mol. The van der Waals surface area contributed by atoms with Gasteiger partial charge in [0.1, 0.15) is 24.7 Å². The van der Waals surface area contributed by atoms with Gasteiger partial charge in [0, 0.05) is 26.2 Å². The summed E-state index contributed by atoms with van der Waals surface area (Å²) in [6.45, 7) is -1.73. The molecule has 4 N–H and O–H groups in total. The van der Waals surface area contributed by atoms with Gasteiger partial charge in [-0.2, -0.15) is 8.61 Å². The van der Waals surface area contributed by atoms with Gasteiger partial charge < -0.3 is 29.9 Å². The molecule has 0 heterocycles. The molecule has 36 heavy (non-hydrogen) atoms. The third kappa shape index (κ3) is 8.11. The van der Waals surface area contributed by atoms with Gasteiger partial charge in [0.05, 0.1) is 36.2 Å². The molecule has 0 radical (unpaired) electrons. The molecular weight excluding hydrogens is 516 g/mol. The Morgan fingerprint density at radius 1 is 0.528 bits per heavy atom. The zero-order valence-electron chi connectivity index (χ0n) is 19.6. The Morgan fingerprint density at radius 3 is 1.06 bits per heavy atom. The second-order valence-electron chi connectivity index (χ2n) is 7.34. The minimum atomic E-state index is -3.87. The van der Waals surface area contributed by atoms with E-state index in [0.717, 1.165) is 8.61 Å². The van der Waals surface area contributed by atoms with E-state index in [1.54, 1.807) is 0 Å². The van der Waals surface area contributed by atoms with Crippen LogP contribution in [0, 0.1) is 0 Å². The van der Waals surface area contributed by atoms with Crippen LogP contribution in [0.15, 0.2) is 58.3 Å². The third-order valence-electron chi connectivity index (χ3n) is 4.94. The van der Waals surface area contributed by atoms with Crippen molar-refractivity contribution < 1.29 is 46.7 Å². The van der Waals surface area contributed by atoms with Gasteiger partial charge in [-0.1, -0.05) is 0 Å². The molecule has 0 atom stereocenters. The third-order valence-corrected chi connectivity index (χ3v) is 8.77. The molecule has 14 heteroatoms. The number of ether oxygens (including phenoxy) is 2. The lowest BCUT2D eigenvalue weighted by molar-refractivity contribution is 0.216. The van der Waals surface area contributed by atoms with Crippen molar-refractivity contribution in [1.29, 1.82) is 0 Å². The Morgan fingerprint density at radius 2 is 0.806 bits per heavy atom. The van der Waals surface area contributed by atoms with Crippen LogP contribution in [0.5, 0.6) is 11.5 Å². The average Bonchev–Trinajstić information content (AvgIpc) is 2.87. The molecule has 202 valence electrons. The molecule has 0 fully saturated rings. The van der Waals surface area contributed by atoms with E-state index in [9.17, 15) is 16.8 Å². The molecule has 0 unspecified atom stereocenters. The van der Waals surface area contributed by atoms with Gasteiger partial charge in [-0.3, -0.25) is 0 Å². The van der Waals surface area contributed by atoms with E-state index < -0.39 is 20.0 Å². The van der Waals surface area contributed by atoms with Crippen molar-refractivity contribution in [3.8, 4) is 11.5 Å². The van der Waals surface area contributed by atoms with Crippen LogP contribution in [0.3, 0.4) is 0 Å². The normalized spacial score (nSPS) is 12.3. The van der Waals surface area contributed by atoms with E-state index in [2.05, 4.69) is 0 Å². The number of hydrogen-bond acceptors (Lipinski definition) is 10. The second-order valence-corrected chi connectivity index (χ2v) is 11.2. The second kappa shape index (κ2) is 14.4. The Bertz CT molecular complexity index is 1020. The summed E-state index contributed by atoms with van der Waals surface area (Å²) < 4.78 is 63.5. The van der Waals surface area contributed by atoms with Crippen molar-refractivity contribution in [2.24, 2.45) is 0 Å². The maximum Gasteiger partial charge on any atom is 0.243 e. The maximum absolute atomic E-state index is 12.6. The lowest BCUT2D eigenvalue weighted by Gasteiger charge is -2.20. The van der Waals surface area contributed by atoms with Crippen LogP contribution in [-0.4, -0.2) is 112 Å². The first-order valence-electron chi connectivity index (χ1n) is 11.1. The molecule has 0 spiro atoms. The summed E-state index contributed by atoms with van der Waals surface area (Å²) in [6.07, 6.45) is 0. The van der Waals surface area contributed by atoms with E-state index in [1.807, 2.05) is 0 Å². The van der Waals surface area contributed by atoms with Gasteiger partial charge in [0.2, 0.25) is 20.0 Å². The lowest BCUT2D eigenvalue weighted by atomic mass is 10.3. The molecular formula is C22H32N2O10S2. The van der Waals surface area contributed by atoms with E-state index in [0.29, 0.717) is 11.5 Å². The zero-order valence-corrected chi connectivity index (χ0v) is 21.3. The maximum atomic E-state index is 12.6. The number of aliphatic hydroxyl groups is 4. The predicted molar refractivity (Wildman–Crippen MR) is 130 cm³/mol. The molecule has 0 saturated heterocycles. The van der Waals surface area contributed by atoms with Crippen molar-refractivity contribution in [2.75, 3.05) is 65.8 Å². The topological polar surface area (TPSA) is 174 Å². The standard InChI is InChI=1S/C22H32N2O10S2/c25-13-9-23(10-14-26)35(29,30)21-5-1-19(2-6-21)33-17-18-34-20-3-7-22(8-4-20)36(31,32)24(11-15-27)12-16-28/h1-8,25-28H,9-18H2. The summed E-state index contributed by atoms with van der Waals surface area (Å²) in [5, 5.41) is 36.3. The van der Waals surface area contributed by atoms with Gasteiger partial charge in [-0.15, -0.1) is 0 Å². The van der Waals surface area contributed by atoms with Crippen molar-refractivity contribution in [2.45, 2.75) is 9.79 Å². The quantitative estimate of drug-likeness (QED) is 0.181. The van der Waals surface area contributed by atoms with Gasteiger partial charge in [0.15, 0.2) is 0 Å². The van der Waals surface area contributed by atoms with Gasteiger partial charge in [-0.05, 0) is 48.5 Å². The van der Waals surface area contributed by atoms with Crippen molar-refractivity contribution in [3.05, 3.63) is 48.5 Å². The van der Waals surface area contributed by atoms with Crippen molar-refractivity contribution in [3.63, 3.8) is 0 Å². The Balaban J connectivity index is 1.90. The Hall–Kier alpha value is -2.30. The summed E-state index contributed by atoms with van der Waals surface area (Å²) in [5.41, 5.74) is 0. The van der Waals surface area contributed by atoms with E-state index in [1.165, 1.54) is 48.5 Å². The highest BCUT2D eigenvalue weighted by Gasteiger charge is 2.24. The van der Waals surface area contributed by atoms with Gasteiger partial charge in [-0.25, -0.2) is 16.8 Å².